The highest BCUT2D eigenvalue weighted by molar-refractivity contribution is 6.13. The van der Waals surface area contributed by atoms with Crippen molar-refractivity contribution in [3.63, 3.8) is 0 Å². The summed E-state index contributed by atoms with van der Waals surface area (Å²) < 4.78 is 1.67. The maximum atomic E-state index is 8.42. The molecule has 42 valence electrons. The van der Waals surface area contributed by atoms with Crippen molar-refractivity contribution in [3.8, 4) is 0 Å². The zero-order chi connectivity index (χ0) is 5.28. The van der Waals surface area contributed by atoms with Crippen LogP contribution in [0.1, 0.15) is 0 Å². The normalized spacial score (nSPS) is 24.9. The standard InChI is InChI=1S/C4H8ClNO/c5-6-1-4(2-6)3-7/h4,7H,1-3H2. The average molecular weight is 122 g/mol. The molecule has 0 unspecified atom stereocenters. The molecule has 0 saturated carbocycles. The number of aliphatic hydroxyl groups is 1. The molecule has 0 aliphatic carbocycles. The van der Waals surface area contributed by atoms with E-state index in [1.807, 2.05) is 0 Å². The van der Waals surface area contributed by atoms with Gasteiger partial charge in [-0.05, 0) is 11.8 Å². The second-order valence-corrected chi connectivity index (χ2v) is 2.35. The molecule has 0 spiro atoms. The van der Waals surface area contributed by atoms with Crippen LogP contribution in [0.5, 0.6) is 0 Å². The highest BCUT2D eigenvalue weighted by atomic mass is 35.5. The fraction of sp³-hybridized carbons (Fsp3) is 1.00. The monoisotopic (exact) mass is 121 g/mol. The van der Waals surface area contributed by atoms with Gasteiger partial charge >= 0.3 is 0 Å². The lowest BCUT2D eigenvalue weighted by molar-refractivity contribution is 0.120. The van der Waals surface area contributed by atoms with Crippen molar-refractivity contribution in [1.29, 1.82) is 0 Å². The molecule has 1 rings (SSSR count). The Hall–Kier alpha value is 0.210. The van der Waals surface area contributed by atoms with Crippen molar-refractivity contribution >= 4 is 11.8 Å². The zero-order valence-electron chi connectivity index (χ0n) is 3.97. The van der Waals surface area contributed by atoms with Gasteiger partial charge in [0.1, 0.15) is 0 Å². The zero-order valence-corrected chi connectivity index (χ0v) is 4.73. The van der Waals surface area contributed by atoms with E-state index in [9.17, 15) is 0 Å². The molecule has 1 heterocycles. The summed E-state index contributed by atoms with van der Waals surface area (Å²) in [5.74, 6) is 0.442. The Bertz CT molecular complexity index is 62.7. The molecule has 1 fully saturated rings. The number of halogens is 1. The van der Waals surface area contributed by atoms with Gasteiger partial charge in [0, 0.05) is 25.6 Å². The summed E-state index contributed by atoms with van der Waals surface area (Å²) in [4.78, 5) is 0. The first-order chi connectivity index (χ1) is 3.33. The fourth-order valence-electron chi connectivity index (χ4n) is 0.622. The van der Waals surface area contributed by atoms with E-state index in [2.05, 4.69) is 0 Å². The smallest absolute Gasteiger partial charge is 0.0484 e. The van der Waals surface area contributed by atoms with E-state index >= 15 is 0 Å². The molecule has 1 saturated heterocycles. The highest BCUT2D eigenvalue weighted by Crippen LogP contribution is 2.15. The lowest BCUT2D eigenvalue weighted by Gasteiger charge is -2.31. The van der Waals surface area contributed by atoms with Gasteiger partial charge in [0.2, 0.25) is 0 Å². The number of hydrogen-bond donors (Lipinski definition) is 1. The van der Waals surface area contributed by atoms with Crippen LogP contribution in [-0.4, -0.2) is 29.2 Å². The van der Waals surface area contributed by atoms with Gasteiger partial charge in [0.15, 0.2) is 0 Å². The molecular formula is C4H8ClNO. The lowest BCUT2D eigenvalue weighted by Crippen LogP contribution is -2.41. The van der Waals surface area contributed by atoms with E-state index < -0.39 is 0 Å². The van der Waals surface area contributed by atoms with Crippen LogP contribution in [0.4, 0.5) is 0 Å². The van der Waals surface area contributed by atoms with Gasteiger partial charge < -0.3 is 5.11 Å². The van der Waals surface area contributed by atoms with Crippen LogP contribution in [0, 0.1) is 5.92 Å². The summed E-state index contributed by atoms with van der Waals surface area (Å²) in [6.07, 6.45) is 0. The predicted octanol–water partition coefficient (Wildman–Crippen LogP) is 0.0643. The molecule has 0 radical (unpaired) electrons. The molecule has 2 nitrogen and oxygen atoms in total. The second-order valence-electron chi connectivity index (χ2n) is 1.88. The minimum Gasteiger partial charge on any atom is -0.396 e. The number of rotatable bonds is 1. The summed E-state index contributed by atoms with van der Waals surface area (Å²) in [5.41, 5.74) is 0. The first-order valence-electron chi connectivity index (χ1n) is 2.34. The predicted molar refractivity (Wildman–Crippen MR) is 28.0 cm³/mol. The maximum Gasteiger partial charge on any atom is 0.0484 e. The molecule has 1 aliphatic rings. The van der Waals surface area contributed by atoms with E-state index in [0.29, 0.717) is 5.92 Å². The van der Waals surface area contributed by atoms with E-state index in [-0.39, 0.29) is 6.61 Å². The van der Waals surface area contributed by atoms with Crippen molar-refractivity contribution in [3.05, 3.63) is 0 Å². The number of aliphatic hydroxyl groups excluding tert-OH is 1. The fourth-order valence-corrected chi connectivity index (χ4v) is 1.01. The summed E-state index contributed by atoms with van der Waals surface area (Å²) in [6, 6.07) is 0. The summed E-state index contributed by atoms with van der Waals surface area (Å²) >= 11 is 5.44. The van der Waals surface area contributed by atoms with Crippen molar-refractivity contribution in [2.75, 3.05) is 19.7 Å². The summed E-state index contributed by atoms with van der Waals surface area (Å²) in [7, 11) is 0. The molecule has 3 heteroatoms. The number of hydrogen-bond acceptors (Lipinski definition) is 2. The van der Waals surface area contributed by atoms with Crippen LogP contribution in [0.15, 0.2) is 0 Å². The van der Waals surface area contributed by atoms with Gasteiger partial charge in [-0.15, -0.1) is 0 Å². The Morgan fingerprint density at radius 2 is 2.29 bits per heavy atom. The van der Waals surface area contributed by atoms with Crippen LogP contribution in [0.3, 0.4) is 0 Å². The Morgan fingerprint density at radius 1 is 1.71 bits per heavy atom. The molecular weight excluding hydrogens is 114 g/mol. The Morgan fingerprint density at radius 3 is 2.43 bits per heavy atom. The van der Waals surface area contributed by atoms with E-state index in [0.717, 1.165) is 13.1 Å². The van der Waals surface area contributed by atoms with E-state index in [1.54, 1.807) is 4.42 Å². The molecule has 1 N–H and O–H groups in total. The number of nitrogens with zero attached hydrogens (tertiary/aromatic N) is 1. The molecule has 0 bridgehead atoms. The van der Waals surface area contributed by atoms with Gasteiger partial charge in [-0.25, -0.2) is 4.42 Å². The topological polar surface area (TPSA) is 23.5 Å². The second kappa shape index (κ2) is 1.99. The molecule has 7 heavy (non-hydrogen) atoms. The minimum atomic E-state index is 0.281. The molecule has 0 aromatic heterocycles. The van der Waals surface area contributed by atoms with Gasteiger partial charge in [0.25, 0.3) is 0 Å². The van der Waals surface area contributed by atoms with Crippen LogP contribution in [-0.2, 0) is 0 Å². The molecule has 1 aliphatic heterocycles. The Labute approximate surface area is 47.8 Å². The van der Waals surface area contributed by atoms with Crippen LogP contribution < -0.4 is 0 Å². The van der Waals surface area contributed by atoms with E-state index in [1.165, 1.54) is 0 Å². The van der Waals surface area contributed by atoms with Gasteiger partial charge in [-0.3, -0.25) is 0 Å². The molecule has 0 atom stereocenters. The first-order valence-corrected chi connectivity index (χ1v) is 2.68. The van der Waals surface area contributed by atoms with Crippen LogP contribution in [0.25, 0.3) is 0 Å². The average Bonchev–Trinajstić information content (AvgIpc) is 1.58. The summed E-state index contributed by atoms with van der Waals surface area (Å²) in [6.45, 7) is 1.97. The quantitative estimate of drug-likeness (QED) is 0.496. The Balaban J connectivity index is 2.06. The van der Waals surface area contributed by atoms with Gasteiger partial charge in [-0.2, -0.15) is 0 Å². The third kappa shape index (κ3) is 1.06. The van der Waals surface area contributed by atoms with Crippen molar-refractivity contribution in [2.45, 2.75) is 0 Å². The summed E-state index contributed by atoms with van der Waals surface area (Å²) in [5, 5.41) is 8.42. The largest absolute Gasteiger partial charge is 0.396 e. The first kappa shape index (κ1) is 5.35. The van der Waals surface area contributed by atoms with E-state index in [4.69, 9.17) is 16.9 Å². The van der Waals surface area contributed by atoms with Crippen molar-refractivity contribution < 1.29 is 5.11 Å². The van der Waals surface area contributed by atoms with Crippen LogP contribution in [0.2, 0.25) is 0 Å². The molecule has 0 aromatic carbocycles. The minimum absolute atomic E-state index is 0.281. The highest BCUT2D eigenvalue weighted by Gasteiger charge is 2.23. The van der Waals surface area contributed by atoms with Gasteiger partial charge in [0.05, 0.1) is 0 Å². The van der Waals surface area contributed by atoms with Crippen LogP contribution >= 0.6 is 11.8 Å². The SMILES string of the molecule is OCC1CN(Cl)C1. The Kier molecular flexibility index (Phi) is 1.52. The maximum absolute atomic E-state index is 8.42. The third-order valence-corrected chi connectivity index (χ3v) is 1.45. The molecule has 0 aromatic rings. The van der Waals surface area contributed by atoms with Gasteiger partial charge in [-0.1, -0.05) is 0 Å². The van der Waals surface area contributed by atoms with Crippen molar-refractivity contribution in [2.24, 2.45) is 5.92 Å². The lowest BCUT2D eigenvalue weighted by atomic mass is 10.1. The van der Waals surface area contributed by atoms with Crippen molar-refractivity contribution in [1.82, 2.24) is 4.42 Å². The molecule has 0 amide bonds. The third-order valence-electron chi connectivity index (χ3n) is 1.17.